The van der Waals surface area contributed by atoms with Gasteiger partial charge in [-0.15, -0.1) is 0 Å². The number of hydrogen-bond donors (Lipinski definition) is 1. The second-order valence-electron chi connectivity index (χ2n) is 4.65. The van der Waals surface area contributed by atoms with Gasteiger partial charge < -0.3 is 14.8 Å². The molecule has 0 amide bonds. The summed E-state index contributed by atoms with van der Waals surface area (Å²) in [6.07, 6.45) is 0. The molecule has 0 saturated heterocycles. The summed E-state index contributed by atoms with van der Waals surface area (Å²) in [5.74, 6) is -1.67. The van der Waals surface area contributed by atoms with Crippen LogP contribution in [-0.2, 0) is 13.1 Å². The number of fused-ring (bicyclic) bond motifs is 1. The predicted octanol–water partition coefficient (Wildman–Crippen LogP) is 3.12. The predicted molar refractivity (Wildman–Crippen MR) is 69.4 cm³/mol. The minimum absolute atomic E-state index is 0.0784. The topological polar surface area (TPSA) is 30.5 Å². The van der Waals surface area contributed by atoms with E-state index in [2.05, 4.69) is 5.32 Å². The third-order valence-electron chi connectivity index (χ3n) is 3.17. The van der Waals surface area contributed by atoms with Gasteiger partial charge in [-0.05, 0) is 23.8 Å². The fourth-order valence-electron chi connectivity index (χ4n) is 2.09. The van der Waals surface area contributed by atoms with Crippen molar-refractivity contribution in [2.24, 2.45) is 0 Å². The Bertz CT molecular complexity index is 676. The van der Waals surface area contributed by atoms with E-state index in [0.29, 0.717) is 24.1 Å². The van der Waals surface area contributed by atoms with Gasteiger partial charge >= 0.3 is 0 Å². The van der Waals surface area contributed by atoms with Crippen LogP contribution in [0.1, 0.15) is 11.1 Å². The van der Waals surface area contributed by atoms with Crippen molar-refractivity contribution in [1.82, 2.24) is 5.32 Å². The van der Waals surface area contributed by atoms with Gasteiger partial charge in [0.05, 0.1) is 0 Å². The Labute approximate surface area is 119 Å². The molecular formula is C15H12F3NO2. The van der Waals surface area contributed by atoms with Crippen LogP contribution in [-0.4, -0.2) is 6.79 Å². The summed E-state index contributed by atoms with van der Waals surface area (Å²) in [5.41, 5.74) is 0.997. The van der Waals surface area contributed by atoms with Crippen LogP contribution in [0.3, 0.4) is 0 Å². The summed E-state index contributed by atoms with van der Waals surface area (Å²) in [5, 5.41) is 2.97. The normalized spacial score (nSPS) is 12.7. The van der Waals surface area contributed by atoms with Gasteiger partial charge in [0.15, 0.2) is 23.1 Å². The van der Waals surface area contributed by atoms with Crippen LogP contribution in [0, 0.1) is 17.5 Å². The molecule has 1 aliphatic heterocycles. The Kier molecular flexibility index (Phi) is 3.70. The van der Waals surface area contributed by atoms with Crippen LogP contribution in [0.4, 0.5) is 13.2 Å². The molecule has 0 bridgehead atoms. The number of ether oxygens (including phenoxy) is 2. The highest BCUT2D eigenvalue weighted by molar-refractivity contribution is 5.44. The van der Waals surface area contributed by atoms with Gasteiger partial charge in [-0.1, -0.05) is 6.07 Å². The maximum absolute atomic E-state index is 13.5. The van der Waals surface area contributed by atoms with Crippen molar-refractivity contribution < 1.29 is 22.6 Å². The lowest BCUT2D eigenvalue weighted by Crippen LogP contribution is -2.14. The first kappa shape index (κ1) is 13.8. The Morgan fingerprint density at radius 2 is 1.62 bits per heavy atom. The van der Waals surface area contributed by atoms with Gasteiger partial charge in [-0.3, -0.25) is 0 Å². The van der Waals surface area contributed by atoms with E-state index in [1.807, 2.05) is 12.1 Å². The molecule has 2 aromatic carbocycles. The lowest BCUT2D eigenvalue weighted by Gasteiger charge is -2.07. The van der Waals surface area contributed by atoms with Gasteiger partial charge in [0, 0.05) is 24.7 Å². The van der Waals surface area contributed by atoms with E-state index in [-0.39, 0.29) is 18.9 Å². The number of hydrogen-bond acceptors (Lipinski definition) is 3. The summed E-state index contributed by atoms with van der Waals surface area (Å²) in [6.45, 7) is 0.735. The number of benzene rings is 2. The van der Waals surface area contributed by atoms with Crippen molar-refractivity contribution in [2.45, 2.75) is 13.1 Å². The Morgan fingerprint density at radius 1 is 0.857 bits per heavy atom. The van der Waals surface area contributed by atoms with Crippen molar-refractivity contribution >= 4 is 0 Å². The zero-order valence-corrected chi connectivity index (χ0v) is 11.0. The van der Waals surface area contributed by atoms with E-state index in [4.69, 9.17) is 9.47 Å². The molecule has 110 valence electrons. The average molecular weight is 295 g/mol. The van der Waals surface area contributed by atoms with E-state index >= 15 is 0 Å². The van der Waals surface area contributed by atoms with E-state index in [0.717, 1.165) is 11.6 Å². The van der Waals surface area contributed by atoms with E-state index < -0.39 is 17.5 Å². The summed E-state index contributed by atoms with van der Waals surface area (Å²) in [4.78, 5) is 0. The smallest absolute Gasteiger partial charge is 0.231 e. The molecule has 3 nitrogen and oxygen atoms in total. The van der Waals surface area contributed by atoms with Gasteiger partial charge in [0.25, 0.3) is 0 Å². The van der Waals surface area contributed by atoms with Crippen molar-refractivity contribution in [3.63, 3.8) is 0 Å². The highest BCUT2D eigenvalue weighted by Crippen LogP contribution is 2.32. The molecule has 0 aromatic heterocycles. The summed E-state index contributed by atoms with van der Waals surface area (Å²) >= 11 is 0. The standard InChI is InChI=1S/C15H12F3NO2/c16-11-5-13(18)12(17)4-10(11)7-19-6-9-1-2-14-15(3-9)21-8-20-14/h1-5,19H,6-8H2. The van der Waals surface area contributed by atoms with E-state index in [1.54, 1.807) is 6.07 Å². The molecule has 3 rings (SSSR count). The summed E-state index contributed by atoms with van der Waals surface area (Å²) in [6, 6.07) is 6.86. The first-order chi connectivity index (χ1) is 10.1. The van der Waals surface area contributed by atoms with Crippen molar-refractivity contribution in [1.29, 1.82) is 0 Å². The fraction of sp³-hybridized carbons (Fsp3) is 0.200. The fourth-order valence-corrected chi connectivity index (χ4v) is 2.09. The zero-order chi connectivity index (χ0) is 14.8. The third kappa shape index (κ3) is 2.95. The van der Waals surface area contributed by atoms with Gasteiger partial charge in [-0.25, -0.2) is 13.2 Å². The quantitative estimate of drug-likeness (QED) is 0.879. The van der Waals surface area contributed by atoms with Crippen molar-refractivity contribution in [2.75, 3.05) is 6.79 Å². The second kappa shape index (κ2) is 5.65. The molecule has 0 radical (unpaired) electrons. The Balaban J connectivity index is 1.62. The van der Waals surface area contributed by atoms with Gasteiger partial charge in [0.2, 0.25) is 6.79 Å². The van der Waals surface area contributed by atoms with E-state index in [9.17, 15) is 13.2 Å². The molecule has 0 saturated carbocycles. The van der Waals surface area contributed by atoms with Crippen molar-refractivity contribution in [3.05, 3.63) is 58.9 Å². The molecule has 0 unspecified atom stereocenters. The highest BCUT2D eigenvalue weighted by Gasteiger charge is 2.13. The van der Waals surface area contributed by atoms with E-state index in [1.165, 1.54) is 0 Å². The molecule has 0 fully saturated rings. The van der Waals surface area contributed by atoms with Gasteiger partial charge in [0.1, 0.15) is 5.82 Å². The number of nitrogens with one attached hydrogen (secondary N) is 1. The Morgan fingerprint density at radius 3 is 2.48 bits per heavy atom. The number of rotatable bonds is 4. The molecule has 0 atom stereocenters. The summed E-state index contributed by atoms with van der Waals surface area (Å²) < 4.78 is 49.8. The van der Waals surface area contributed by atoms with Crippen LogP contribution in [0.15, 0.2) is 30.3 Å². The van der Waals surface area contributed by atoms with Crippen molar-refractivity contribution in [3.8, 4) is 11.5 Å². The third-order valence-corrected chi connectivity index (χ3v) is 3.17. The molecular weight excluding hydrogens is 283 g/mol. The first-order valence-corrected chi connectivity index (χ1v) is 6.36. The zero-order valence-electron chi connectivity index (χ0n) is 11.0. The molecule has 6 heteroatoms. The minimum Gasteiger partial charge on any atom is -0.454 e. The summed E-state index contributed by atoms with van der Waals surface area (Å²) in [7, 11) is 0. The van der Waals surface area contributed by atoms with Crippen LogP contribution in [0.25, 0.3) is 0 Å². The second-order valence-corrected chi connectivity index (χ2v) is 4.65. The average Bonchev–Trinajstić information content (AvgIpc) is 2.92. The molecule has 0 aliphatic carbocycles. The minimum atomic E-state index is -1.19. The molecule has 1 aliphatic rings. The molecule has 1 heterocycles. The highest BCUT2D eigenvalue weighted by atomic mass is 19.2. The van der Waals surface area contributed by atoms with Crippen LogP contribution in [0.2, 0.25) is 0 Å². The van der Waals surface area contributed by atoms with Crippen LogP contribution >= 0.6 is 0 Å². The molecule has 2 aromatic rings. The number of halogens is 3. The lowest BCUT2D eigenvalue weighted by atomic mass is 10.1. The van der Waals surface area contributed by atoms with Crippen LogP contribution in [0.5, 0.6) is 11.5 Å². The molecule has 21 heavy (non-hydrogen) atoms. The maximum Gasteiger partial charge on any atom is 0.231 e. The SMILES string of the molecule is Fc1cc(F)c(CNCc2ccc3c(c2)OCO3)cc1F. The molecule has 1 N–H and O–H groups in total. The molecule has 0 spiro atoms. The van der Waals surface area contributed by atoms with Gasteiger partial charge in [-0.2, -0.15) is 0 Å². The Hall–Kier alpha value is -2.21. The lowest BCUT2D eigenvalue weighted by molar-refractivity contribution is 0.174. The largest absolute Gasteiger partial charge is 0.454 e. The first-order valence-electron chi connectivity index (χ1n) is 6.36. The van der Waals surface area contributed by atoms with Crippen LogP contribution < -0.4 is 14.8 Å². The monoisotopic (exact) mass is 295 g/mol. The maximum atomic E-state index is 13.5.